The number of hydrogen-bond acceptors (Lipinski definition) is 3. The predicted octanol–water partition coefficient (Wildman–Crippen LogP) is 3.36. The molecule has 2 aromatic carbocycles. The molecule has 0 aromatic heterocycles. The number of aromatic hydroxyl groups is 1. The first-order valence-electron chi connectivity index (χ1n) is 7.55. The van der Waals surface area contributed by atoms with Crippen molar-refractivity contribution >= 4 is 5.69 Å². The molecule has 1 unspecified atom stereocenters. The molecule has 1 heterocycles. The monoisotopic (exact) mass is 282 g/mol. The zero-order chi connectivity index (χ0) is 14.8. The van der Waals surface area contributed by atoms with Crippen molar-refractivity contribution in [3.05, 3.63) is 59.2 Å². The van der Waals surface area contributed by atoms with E-state index in [2.05, 4.69) is 23.1 Å². The van der Waals surface area contributed by atoms with Crippen molar-refractivity contribution in [2.45, 2.75) is 32.4 Å². The van der Waals surface area contributed by atoms with Gasteiger partial charge >= 0.3 is 0 Å². The first kappa shape index (κ1) is 14.0. The van der Waals surface area contributed by atoms with Crippen molar-refractivity contribution in [3.8, 4) is 5.75 Å². The molecular formula is C18H22N2O. The van der Waals surface area contributed by atoms with Gasteiger partial charge in [-0.2, -0.15) is 0 Å². The summed E-state index contributed by atoms with van der Waals surface area (Å²) in [6.45, 7) is 3.98. The van der Waals surface area contributed by atoms with E-state index in [1.165, 1.54) is 28.8 Å². The number of aryl methyl sites for hydroxylation is 1. The number of hydrogen-bond donors (Lipinski definition) is 2. The summed E-state index contributed by atoms with van der Waals surface area (Å²) < 4.78 is 0. The number of fused-ring (bicyclic) bond motifs is 1. The topological polar surface area (TPSA) is 49.5 Å². The molecule has 3 nitrogen and oxygen atoms in total. The van der Waals surface area contributed by atoms with Crippen molar-refractivity contribution in [3.63, 3.8) is 0 Å². The highest BCUT2D eigenvalue weighted by atomic mass is 16.3. The number of nitrogens with zero attached hydrogens (tertiary/aromatic N) is 1. The summed E-state index contributed by atoms with van der Waals surface area (Å²) in [6, 6.07) is 14.1. The molecule has 1 atom stereocenters. The van der Waals surface area contributed by atoms with Crippen molar-refractivity contribution in [1.29, 1.82) is 0 Å². The van der Waals surface area contributed by atoms with E-state index in [1.54, 1.807) is 12.1 Å². The van der Waals surface area contributed by atoms with Crippen LogP contribution in [-0.2, 0) is 13.0 Å². The van der Waals surface area contributed by atoms with Crippen LogP contribution in [0.1, 0.15) is 36.1 Å². The minimum Gasteiger partial charge on any atom is -0.508 e. The van der Waals surface area contributed by atoms with Gasteiger partial charge in [0.2, 0.25) is 0 Å². The van der Waals surface area contributed by atoms with Crippen LogP contribution in [0, 0.1) is 0 Å². The number of benzene rings is 2. The molecule has 0 aliphatic carbocycles. The van der Waals surface area contributed by atoms with Crippen LogP contribution in [0.5, 0.6) is 5.75 Å². The van der Waals surface area contributed by atoms with Crippen LogP contribution in [0.4, 0.5) is 5.69 Å². The lowest BCUT2D eigenvalue weighted by Gasteiger charge is -2.32. The van der Waals surface area contributed by atoms with E-state index in [0.717, 1.165) is 19.5 Å². The molecular weight excluding hydrogens is 260 g/mol. The fourth-order valence-corrected chi connectivity index (χ4v) is 2.96. The Bertz CT molecular complexity index is 620. The zero-order valence-corrected chi connectivity index (χ0v) is 12.4. The van der Waals surface area contributed by atoms with Crippen LogP contribution < -0.4 is 10.6 Å². The minimum absolute atomic E-state index is 0.0859. The van der Waals surface area contributed by atoms with Gasteiger partial charge in [0.1, 0.15) is 5.75 Å². The van der Waals surface area contributed by atoms with Crippen LogP contribution in [-0.4, -0.2) is 11.7 Å². The smallest absolute Gasteiger partial charge is 0.115 e. The molecule has 1 aliphatic rings. The van der Waals surface area contributed by atoms with E-state index in [4.69, 9.17) is 5.73 Å². The average molecular weight is 282 g/mol. The highest BCUT2D eigenvalue weighted by Crippen LogP contribution is 2.30. The molecule has 3 heteroatoms. The standard InChI is InChI=1S/C18H22N2O/c1-13(19)15-6-9-18-16(11-15)3-2-10-20(18)12-14-4-7-17(21)8-5-14/h4-9,11,13,21H,2-3,10,12,19H2,1H3. The van der Waals surface area contributed by atoms with Crippen molar-refractivity contribution in [2.24, 2.45) is 5.73 Å². The Hall–Kier alpha value is -2.00. The first-order chi connectivity index (χ1) is 10.1. The van der Waals surface area contributed by atoms with Crippen LogP contribution in [0.25, 0.3) is 0 Å². The zero-order valence-electron chi connectivity index (χ0n) is 12.4. The van der Waals surface area contributed by atoms with Crippen molar-refractivity contribution in [1.82, 2.24) is 0 Å². The normalized spacial score (nSPS) is 15.6. The van der Waals surface area contributed by atoms with Gasteiger partial charge in [-0.25, -0.2) is 0 Å². The van der Waals surface area contributed by atoms with Crippen LogP contribution >= 0.6 is 0 Å². The molecule has 2 aromatic rings. The molecule has 0 amide bonds. The lowest BCUT2D eigenvalue weighted by atomic mass is 9.96. The summed E-state index contributed by atoms with van der Waals surface area (Å²) in [5, 5.41) is 9.38. The second-order valence-electron chi connectivity index (χ2n) is 5.87. The first-order valence-corrected chi connectivity index (χ1v) is 7.55. The highest BCUT2D eigenvalue weighted by molar-refractivity contribution is 5.57. The molecule has 110 valence electrons. The third-order valence-corrected chi connectivity index (χ3v) is 4.15. The fourth-order valence-electron chi connectivity index (χ4n) is 2.96. The summed E-state index contributed by atoms with van der Waals surface area (Å²) in [5.41, 5.74) is 11.1. The molecule has 0 bridgehead atoms. The second kappa shape index (κ2) is 5.78. The Balaban J connectivity index is 1.85. The number of nitrogens with two attached hydrogens (primary N) is 1. The Labute approximate surface area is 126 Å². The minimum atomic E-state index is 0.0859. The number of rotatable bonds is 3. The molecule has 3 N–H and O–H groups in total. The maximum atomic E-state index is 9.38. The van der Waals surface area contributed by atoms with Gasteiger partial charge in [0.15, 0.2) is 0 Å². The van der Waals surface area contributed by atoms with Gasteiger partial charge in [0.25, 0.3) is 0 Å². The van der Waals surface area contributed by atoms with Crippen LogP contribution in [0.2, 0.25) is 0 Å². The third-order valence-electron chi connectivity index (χ3n) is 4.15. The molecule has 0 saturated heterocycles. The third kappa shape index (κ3) is 3.03. The number of phenols is 1. The van der Waals surface area contributed by atoms with E-state index in [-0.39, 0.29) is 6.04 Å². The quantitative estimate of drug-likeness (QED) is 0.907. The molecule has 1 aliphatic heterocycles. The number of phenolic OH excluding ortho intramolecular Hbond substituents is 1. The van der Waals surface area contributed by atoms with Gasteiger partial charge in [0, 0.05) is 24.8 Å². The van der Waals surface area contributed by atoms with Gasteiger partial charge < -0.3 is 15.7 Å². The predicted molar refractivity (Wildman–Crippen MR) is 86.5 cm³/mol. The number of anilines is 1. The van der Waals surface area contributed by atoms with Crippen LogP contribution in [0.15, 0.2) is 42.5 Å². The largest absolute Gasteiger partial charge is 0.508 e. The lowest BCUT2D eigenvalue weighted by molar-refractivity contribution is 0.475. The SMILES string of the molecule is CC(N)c1ccc2c(c1)CCCN2Cc1ccc(O)cc1. The molecule has 0 saturated carbocycles. The van der Waals surface area contributed by atoms with Gasteiger partial charge in [-0.15, -0.1) is 0 Å². The second-order valence-corrected chi connectivity index (χ2v) is 5.87. The Morgan fingerprint density at radius 2 is 1.95 bits per heavy atom. The summed E-state index contributed by atoms with van der Waals surface area (Å²) in [6.07, 6.45) is 2.30. The van der Waals surface area contributed by atoms with E-state index in [9.17, 15) is 5.11 Å². The molecule has 0 fully saturated rings. The van der Waals surface area contributed by atoms with E-state index >= 15 is 0 Å². The van der Waals surface area contributed by atoms with Gasteiger partial charge in [0.05, 0.1) is 0 Å². The summed E-state index contributed by atoms with van der Waals surface area (Å²) in [7, 11) is 0. The lowest BCUT2D eigenvalue weighted by Crippen LogP contribution is -2.29. The van der Waals surface area contributed by atoms with Gasteiger partial charge in [-0.3, -0.25) is 0 Å². The Kier molecular flexibility index (Phi) is 3.84. The summed E-state index contributed by atoms with van der Waals surface area (Å²) in [4.78, 5) is 2.41. The van der Waals surface area contributed by atoms with E-state index in [0.29, 0.717) is 5.75 Å². The molecule has 3 rings (SSSR count). The van der Waals surface area contributed by atoms with E-state index in [1.807, 2.05) is 19.1 Å². The molecule has 0 radical (unpaired) electrons. The van der Waals surface area contributed by atoms with Crippen LogP contribution in [0.3, 0.4) is 0 Å². The van der Waals surface area contributed by atoms with Gasteiger partial charge in [-0.05, 0) is 54.7 Å². The van der Waals surface area contributed by atoms with Crippen molar-refractivity contribution in [2.75, 3.05) is 11.4 Å². The average Bonchev–Trinajstić information content (AvgIpc) is 2.49. The maximum Gasteiger partial charge on any atom is 0.115 e. The summed E-state index contributed by atoms with van der Waals surface area (Å²) >= 11 is 0. The molecule has 21 heavy (non-hydrogen) atoms. The van der Waals surface area contributed by atoms with Gasteiger partial charge in [-0.1, -0.05) is 24.3 Å². The maximum absolute atomic E-state index is 9.38. The Morgan fingerprint density at radius 3 is 2.67 bits per heavy atom. The fraction of sp³-hybridized carbons (Fsp3) is 0.333. The Morgan fingerprint density at radius 1 is 1.19 bits per heavy atom. The highest BCUT2D eigenvalue weighted by Gasteiger charge is 2.17. The van der Waals surface area contributed by atoms with Crippen molar-refractivity contribution < 1.29 is 5.11 Å². The van der Waals surface area contributed by atoms with E-state index < -0.39 is 0 Å². The molecule has 0 spiro atoms. The summed E-state index contributed by atoms with van der Waals surface area (Å²) in [5.74, 6) is 0.319.